The van der Waals surface area contributed by atoms with Crippen LogP contribution in [0.15, 0.2) is 72.0 Å². The van der Waals surface area contributed by atoms with E-state index in [0.717, 1.165) is 36.0 Å². The normalized spacial score (nSPS) is 10.9. The van der Waals surface area contributed by atoms with Crippen LogP contribution in [0, 0.1) is 11.3 Å². The maximum Gasteiger partial charge on any atom is 0.259 e. The summed E-state index contributed by atoms with van der Waals surface area (Å²) >= 11 is 0. The van der Waals surface area contributed by atoms with Crippen LogP contribution in [0.3, 0.4) is 0 Å². The number of methoxy groups -OCH3 is 1. The number of pyridine rings is 1. The molecule has 0 spiro atoms. The summed E-state index contributed by atoms with van der Waals surface area (Å²) in [6.07, 6.45) is 6.45. The van der Waals surface area contributed by atoms with Crippen LogP contribution in [0.25, 0.3) is 21.9 Å². The standard InChI is InChI=1S/C25H25N5O2/c1-32-20-8-9-21-22(16-20)24(19-6-3-2-4-7-19)23(17-26)30(25(21)31)15-12-27-10-5-13-29-14-11-28-18-29/h2-4,6-9,11,14,16,18,27H,5,10,12-13,15H2,1H3. The van der Waals surface area contributed by atoms with E-state index in [1.807, 2.05) is 47.2 Å². The second-order valence-corrected chi connectivity index (χ2v) is 7.47. The molecule has 162 valence electrons. The van der Waals surface area contributed by atoms with Crippen LogP contribution >= 0.6 is 0 Å². The van der Waals surface area contributed by atoms with E-state index in [4.69, 9.17) is 4.74 Å². The van der Waals surface area contributed by atoms with Crippen molar-refractivity contribution in [2.24, 2.45) is 0 Å². The molecule has 0 aliphatic rings. The number of fused-ring (bicyclic) bond motifs is 1. The molecule has 0 radical (unpaired) electrons. The second-order valence-electron chi connectivity index (χ2n) is 7.47. The van der Waals surface area contributed by atoms with Crippen LogP contribution in [0.1, 0.15) is 12.1 Å². The summed E-state index contributed by atoms with van der Waals surface area (Å²) in [5.41, 5.74) is 1.84. The van der Waals surface area contributed by atoms with Gasteiger partial charge >= 0.3 is 0 Å². The lowest BCUT2D eigenvalue weighted by Gasteiger charge is -2.17. The van der Waals surface area contributed by atoms with Crippen LogP contribution in [-0.4, -0.2) is 34.3 Å². The van der Waals surface area contributed by atoms with Crippen LogP contribution in [-0.2, 0) is 13.1 Å². The van der Waals surface area contributed by atoms with E-state index in [0.29, 0.717) is 29.9 Å². The molecule has 32 heavy (non-hydrogen) atoms. The van der Waals surface area contributed by atoms with Crippen molar-refractivity contribution < 1.29 is 4.74 Å². The molecule has 0 saturated carbocycles. The molecule has 0 saturated heterocycles. The zero-order valence-electron chi connectivity index (χ0n) is 18.0. The van der Waals surface area contributed by atoms with Gasteiger partial charge in [0.05, 0.1) is 13.4 Å². The highest BCUT2D eigenvalue weighted by atomic mass is 16.5. The molecule has 0 unspecified atom stereocenters. The van der Waals surface area contributed by atoms with Crippen LogP contribution in [0.5, 0.6) is 5.75 Å². The molecule has 7 nitrogen and oxygen atoms in total. The van der Waals surface area contributed by atoms with Gasteiger partial charge in [0.2, 0.25) is 0 Å². The first-order valence-electron chi connectivity index (χ1n) is 10.6. The number of aryl methyl sites for hydroxylation is 1. The molecule has 2 aromatic heterocycles. The number of aromatic nitrogens is 3. The number of nitrogens with one attached hydrogen (secondary N) is 1. The number of nitrogens with zero attached hydrogens (tertiary/aromatic N) is 4. The average Bonchev–Trinajstić information content (AvgIpc) is 3.36. The number of nitriles is 1. The first-order chi connectivity index (χ1) is 15.7. The van der Waals surface area contributed by atoms with Gasteiger partial charge < -0.3 is 14.6 Å². The molecule has 1 N–H and O–H groups in total. The lowest BCUT2D eigenvalue weighted by Crippen LogP contribution is -2.30. The molecule has 0 atom stereocenters. The van der Waals surface area contributed by atoms with E-state index in [1.165, 1.54) is 0 Å². The van der Waals surface area contributed by atoms with E-state index in [-0.39, 0.29) is 5.56 Å². The maximum atomic E-state index is 13.3. The molecule has 2 aromatic carbocycles. The fourth-order valence-corrected chi connectivity index (χ4v) is 3.90. The van der Waals surface area contributed by atoms with E-state index in [1.54, 1.807) is 36.3 Å². The Kier molecular flexibility index (Phi) is 6.63. The molecule has 4 aromatic rings. The largest absolute Gasteiger partial charge is 0.497 e. The Morgan fingerprint density at radius 2 is 1.94 bits per heavy atom. The molecule has 2 heterocycles. The minimum atomic E-state index is -0.168. The van der Waals surface area contributed by atoms with Crippen LogP contribution < -0.4 is 15.6 Å². The molecule has 0 fully saturated rings. The first-order valence-corrected chi connectivity index (χ1v) is 10.6. The second kappa shape index (κ2) is 9.94. The van der Waals surface area contributed by atoms with E-state index >= 15 is 0 Å². The average molecular weight is 428 g/mol. The van der Waals surface area contributed by atoms with Crippen molar-refractivity contribution in [2.45, 2.75) is 19.5 Å². The Bertz CT molecular complexity index is 1290. The van der Waals surface area contributed by atoms with E-state index in [9.17, 15) is 10.1 Å². The zero-order valence-corrected chi connectivity index (χ0v) is 18.0. The molecular weight excluding hydrogens is 402 g/mol. The summed E-state index contributed by atoms with van der Waals surface area (Å²) in [5, 5.41) is 14.7. The van der Waals surface area contributed by atoms with E-state index in [2.05, 4.69) is 16.4 Å². The van der Waals surface area contributed by atoms with Crippen molar-refractivity contribution in [1.29, 1.82) is 5.26 Å². The molecule has 7 heteroatoms. The molecule has 0 bridgehead atoms. The Morgan fingerprint density at radius 1 is 1.09 bits per heavy atom. The lowest BCUT2D eigenvalue weighted by molar-refractivity contribution is 0.415. The third kappa shape index (κ3) is 4.41. The molecule has 4 rings (SSSR count). The molecule has 0 aliphatic heterocycles. The van der Waals surface area contributed by atoms with Gasteiger partial charge in [0.25, 0.3) is 5.56 Å². The quantitative estimate of drug-likeness (QED) is 0.414. The van der Waals surface area contributed by atoms with Crippen LogP contribution in [0.2, 0.25) is 0 Å². The minimum absolute atomic E-state index is 0.168. The van der Waals surface area contributed by atoms with Crippen molar-refractivity contribution in [1.82, 2.24) is 19.4 Å². The Balaban J connectivity index is 1.64. The Labute approximate surface area is 186 Å². The van der Waals surface area contributed by atoms with Crippen molar-refractivity contribution in [2.75, 3.05) is 20.2 Å². The topological polar surface area (TPSA) is 84.9 Å². The number of imidazole rings is 1. The zero-order chi connectivity index (χ0) is 22.3. The van der Waals surface area contributed by atoms with Crippen molar-refractivity contribution in [3.8, 4) is 22.9 Å². The first kappa shape index (κ1) is 21.3. The van der Waals surface area contributed by atoms with Crippen molar-refractivity contribution >= 4 is 10.8 Å². The third-order valence-electron chi connectivity index (χ3n) is 5.49. The fraction of sp³-hybridized carbons (Fsp3) is 0.240. The van der Waals surface area contributed by atoms with Gasteiger partial charge in [-0.2, -0.15) is 5.26 Å². The number of benzene rings is 2. The SMILES string of the molecule is COc1ccc2c(=O)n(CCNCCCn3ccnc3)c(C#N)c(-c3ccccc3)c2c1. The summed E-state index contributed by atoms with van der Waals surface area (Å²) in [6, 6.07) is 17.4. The minimum Gasteiger partial charge on any atom is -0.497 e. The van der Waals surface area contributed by atoms with Gasteiger partial charge in [-0.15, -0.1) is 0 Å². The van der Waals surface area contributed by atoms with Crippen LogP contribution in [0.4, 0.5) is 0 Å². The summed E-state index contributed by atoms with van der Waals surface area (Å²) in [7, 11) is 1.59. The maximum absolute atomic E-state index is 13.3. The van der Waals surface area contributed by atoms with Gasteiger partial charge in [-0.1, -0.05) is 30.3 Å². The van der Waals surface area contributed by atoms with Gasteiger partial charge in [0, 0.05) is 48.4 Å². The van der Waals surface area contributed by atoms with Gasteiger partial charge in [-0.3, -0.25) is 9.36 Å². The highest BCUT2D eigenvalue weighted by Gasteiger charge is 2.18. The number of hydrogen-bond donors (Lipinski definition) is 1. The molecule has 0 amide bonds. The highest BCUT2D eigenvalue weighted by Crippen LogP contribution is 2.32. The Hall–Kier alpha value is -3.89. The predicted molar refractivity (Wildman–Crippen MR) is 125 cm³/mol. The summed E-state index contributed by atoms with van der Waals surface area (Å²) < 4.78 is 8.99. The molecule has 0 aliphatic carbocycles. The fourth-order valence-electron chi connectivity index (χ4n) is 3.90. The van der Waals surface area contributed by atoms with Crippen molar-refractivity contribution in [3.05, 3.63) is 83.3 Å². The summed E-state index contributed by atoms with van der Waals surface area (Å²) in [4.78, 5) is 17.3. The third-order valence-corrected chi connectivity index (χ3v) is 5.49. The summed E-state index contributed by atoms with van der Waals surface area (Å²) in [5.74, 6) is 0.648. The molecular formula is C25H25N5O2. The number of ether oxygens (including phenoxy) is 1. The smallest absolute Gasteiger partial charge is 0.259 e. The monoisotopic (exact) mass is 427 g/mol. The lowest BCUT2D eigenvalue weighted by atomic mass is 9.97. The Morgan fingerprint density at radius 3 is 2.66 bits per heavy atom. The van der Waals surface area contributed by atoms with Crippen molar-refractivity contribution in [3.63, 3.8) is 0 Å². The summed E-state index contributed by atoms with van der Waals surface area (Å²) in [6.45, 7) is 2.69. The van der Waals surface area contributed by atoms with Gasteiger partial charge in [0.1, 0.15) is 17.5 Å². The number of rotatable bonds is 9. The number of hydrogen-bond acceptors (Lipinski definition) is 5. The highest BCUT2D eigenvalue weighted by molar-refractivity contribution is 5.99. The van der Waals surface area contributed by atoms with Gasteiger partial charge in [-0.25, -0.2) is 4.98 Å². The van der Waals surface area contributed by atoms with Gasteiger partial charge in [-0.05, 0) is 36.7 Å². The predicted octanol–water partition coefficient (Wildman–Crippen LogP) is 3.43. The van der Waals surface area contributed by atoms with E-state index < -0.39 is 0 Å². The van der Waals surface area contributed by atoms with Gasteiger partial charge in [0.15, 0.2) is 0 Å².